The summed E-state index contributed by atoms with van der Waals surface area (Å²) in [5.41, 5.74) is 3.86. The third kappa shape index (κ3) is 3.48. The van der Waals surface area contributed by atoms with Crippen LogP contribution in [0.1, 0.15) is 49.1 Å². The number of ether oxygens (including phenoxy) is 2. The number of rotatable bonds is 6. The maximum absolute atomic E-state index is 12.1. The first kappa shape index (κ1) is 17.6. The molecule has 0 amide bonds. The van der Waals surface area contributed by atoms with E-state index < -0.39 is 0 Å². The number of carbonyl (C=O) groups is 1. The van der Waals surface area contributed by atoms with Gasteiger partial charge in [0, 0.05) is 43.1 Å². The van der Waals surface area contributed by atoms with Crippen LogP contribution in [-0.4, -0.2) is 32.1 Å². The second kappa shape index (κ2) is 7.16. The van der Waals surface area contributed by atoms with Gasteiger partial charge in [-0.1, -0.05) is 31.2 Å². The van der Waals surface area contributed by atoms with Crippen LogP contribution in [-0.2, 0) is 4.79 Å². The number of ketones is 1. The zero-order valence-electron chi connectivity index (χ0n) is 16.4. The molecule has 2 fully saturated rings. The first-order chi connectivity index (χ1) is 13.7. The molecule has 4 heteroatoms. The van der Waals surface area contributed by atoms with Gasteiger partial charge in [-0.15, -0.1) is 0 Å². The molecule has 0 unspecified atom stereocenters. The van der Waals surface area contributed by atoms with Crippen LogP contribution in [0.4, 0.5) is 5.69 Å². The van der Waals surface area contributed by atoms with Crippen molar-refractivity contribution in [3.8, 4) is 11.5 Å². The standard InChI is InChI=1S/C24H27NO3/c1-16(12-22(26)19-6-7-19)17-2-4-18(5-3-17)20-14-25(15-20)21-8-9-23-24(13-21)28-11-10-27-23/h2-5,8-9,13,16,19-20H,6-7,10-12,14-15H2,1H3/t16-/m1/s1. The summed E-state index contributed by atoms with van der Waals surface area (Å²) in [6.07, 6.45) is 2.89. The molecule has 28 heavy (non-hydrogen) atoms. The van der Waals surface area contributed by atoms with Crippen LogP contribution in [0.2, 0.25) is 0 Å². The number of nitrogens with zero attached hydrogens (tertiary/aromatic N) is 1. The quantitative estimate of drug-likeness (QED) is 0.741. The average Bonchev–Trinajstić information content (AvgIpc) is 3.52. The Hall–Kier alpha value is -2.49. The van der Waals surface area contributed by atoms with Crippen LogP contribution in [0.25, 0.3) is 0 Å². The Morgan fingerprint density at radius 2 is 1.75 bits per heavy atom. The number of hydrogen-bond acceptors (Lipinski definition) is 4. The first-order valence-corrected chi connectivity index (χ1v) is 10.4. The van der Waals surface area contributed by atoms with Crippen LogP contribution in [0.15, 0.2) is 42.5 Å². The van der Waals surface area contributed by atoms with E-state index in [0.29, 0.717) is 43.2 Å². The molecule has 2 aliphatic heterocycles. The van der Waals surface area contributed by atoms with Gasteiger partial charge in [0.2, 0.25) is 0 Å². The van der Waals surface area contributed by atoms with Gasteiger partial charge in [-0.3, -0.25) is 4.79 Å². The molecule has 1 atom stereocenters. The molecule has 1 saturated carbocycles. The molecule has 0 aromatic heterocycles. The van der Waals surface area contributed by atoms with Crippen molar-refractivity contribution in [3.63, 3.8) is 0 Å². The van der Waals surface area contributed by atoms with E-state index in [2.05, 4.69) is 48.2 Å². The number of carbonyl (C=O) groups excluding carboxylic acids is 1. The Morgan fingerprint density at radius 3 is 2.46 bits per heavy atom. The Kier molecular flexibility index (Phi) is 4.50. The lowest BCUT2D eigenvalue weighted by molar-refractivity contribution is -0.120. The molecule has 0 spiro atoms. The predicted octanol–water partition coefficient (Wildman–Crippen LogP) is 4.53. The SMILES string of the molecule is C[C@H](CC(=O)C1CC1)c1ccc(C2CN(c3ccc4c(c3)OCCO4)C2)cc1. The van der Waals surface area contributed by atoms with E-state index in [-0.39, 0.29) is 0 Å². The summed E-state index contributed by atoms with van der Waals surface area (Å²) in [6, 6.07) is 15.1. The van der Waals surface area contributed by atoms with E-state index in [1.54, 1.807) is 0 Å². The van der Waals surface area contributed by atoms with E-state index in [0.717, 1.165) is 37.4 Å². The molecule has 5 rings (SSSR count). The topological polar surface area (TPSA) is 38.8 Å². The van der Waals surface area contributed by atoms with Gasteiger partial charge in [-0.2, -0.15) is 0 Å². The molecule has 0 bridgehead atoms. The van der Waals surface area contributed by atoms with Crippen LogP contribution in [0.5, 0.6) is 11.5 Å². The lowest BCUT2D eigenvalue weighted by Gasteiger charge is -2.41. The monoisotopic (exact) mass is 377 g/mol. The Bertz CT molecular complexity index is 866. The third-order valence-electron chi connectivity index (χ3n) is 6.29. The number of Topliss-reactive ketones (excluding diaryl/α,β-unsaturated/α-hetero) is 1. The van der Waals surface area contributed by atoms with Crippen molar-refractivity contribution < 1.29 is 14.3 Å². The van der Waals surface area contributed by atoms with Crippen molar-refractivity contribution in [2.45, 2.75) is 38.0 Å². The largest absolute Gasteiger partial charge is 0.486 e. The van der Waals surface area contributed by atoms with Gasteiger partial charge < -0.3 is 14.4 Å². The highest BCUT2D eigenvalue weighted by Gasteiger charge is 2.31. The summed E-state index contributed by atoms with van der Waals surface area (Å²) in [6.45, 7) is 5.46. The van der Waals surface area contributed by atoms with Gasteiger partial charge in [0.15, 0.2) is 11.5 Å². The Balaban J connectivity index is 1.19. The molecule has 4 nitrogen and oxygen atoms in total. The molecule has 1 saturated heterocycles. The second-order valence-corrected chi connectivity index (χ2v) is 8.44. The van der Waals surface area contributed by atoms with Crippen molar-refractivity contribution >= 4 is 11.5 Å². The van der Waals surface area contributed by atoms with E-state index in [1.807, 2.05) is 6.07 Å². The maximum Gasteiger partial charge on any atom is 0.163 e. The summed E-state index contributed by atoms with van der Waals surface area (Å²) in [4.78, 5) is 14.4. The molecule has 2 heterocycles. The zero-order chi connectivity index (χ0) is 19.1. The van der Waals surface area contributed by atoms with Crippen LogP contribution in [0.3, 0.4) is 0 Å². The molecule has 2 aromatic rings. The maximum atomic E-state index is 12.1. The molecule has 0 radical (unpaired) electrons. The number of fused-ring (bicyclic) bond motifs is 1. The summed E-state index contributed by atoms with van der Waals surface area (Å²) in [5.74, 6) is 3.39. The molecular formula is C24H27NO3. The van der Waals surface area contributed by atoms with Crippen molar-refractivity contribution in [1.29, 1.82) is 0 Å². The van der Waals surface area contributed by atoms with Crippen molar-refractivity contribution in [1.82, 2.24) is 0 Å². The highest BCUT2D eigenvalue weighted by Crippen LogP contribution is 2.38. The molecule has 0 N–H and O–H groups in total. The van der Waals surface area contributed by atoms with Gasteiger partial charge in [-0.05, 0) is 42.0 Å². The fourth-order valence-corrected chi connectivity index (χ4v) is 4.22. The number of hydrogen-bond donors (Lipinski definition) is 0. The Morgan fingerprint density at radius 1 is 1.04 bits per heavy atom. The van der Waals surface area contributed by atoms with Crippen molar-refractivity contribution in [3.05, 3.63) is 53.6 Å². The van der Waals surface area contributed by atoms with Crippen LogP contribution < -0.4 is 14.4 Å². The molecule has 146 valence electrons. The van der Waals surface area contributed by atoms with Gasteiger partial charge in [0.1, 0.15) is 19.0 Å². The number of benzene rings is 2. The highest BCUT2D eigenvalue weighted by molar-refractivity contribution is 5.83. The summed E-state index contributed by atoms with van der Waals surface area (Å²) >= 11 is 0. The summed E-state index contributed by atoms with van der Waals surface area (Å²) in [5, 5.41) is 0. The normalized spacial score (nSPS) is 19.8. The van der Waals surface area contributed by atoms with Gasteiger partial charge >= 0.3 is 0 Å². The fraction of sp³-hybridized carbons (Fsp3) is 0.458. The highest BCUT2D eigenvalue weighted by atomic mass is 16.6. The third-order valence-corrected chi connectivity index (χ3v) is 6.29. The molecule has 1 aliphatic carbocycles. The smallest absolute Gasteiger partial charge is 0.163 e. The average molecular weight is 377 g/mol. The minimum absolute atomic E-state index is 0.317. The number of anilines is 1. The van der Waals surface area contributed by atoms with E-state index >= 15 is 0 Å². The van der Waals surface area contributed by atoms with Crippen LogP contribution >= 0.6 is 0 Å². The van der Waals surface area contributed by atoms with E-state index in [9.17, 15) is 4.79 Å². The predicted molar refractivity (Wildman–Crippen MR) is 110 cm³/mol. The van der Waals surface area contributed by atoms with Gasteiger partial charge in [0.25, 0.3) is 0 Å². The molecule has 2 aromatic carbocycles. The summed E-state index contributed by atoms with van der Waals surface area (Å²) in [7, 11) is 0. The van der Waals surface area contributed by atoms with Gasteiger partial charge in [0.05, 0.1) is 0 Å². The first-order valence-electron chi connectivity index (χ1n) is 10.4. The zero-order valence-corrected chi connectivity index (χ0v) is 16.4. The Labute approximate surface area is 166 Å². The molecular weight excluding hydrogens is 350 g/mol. The fourth-order valence-electron chi connectivity index (χ4n) is 4.22. The lowest BCUT2D eigenvalue weighted by atomic mass is 9.88. The lowest BCUT2D eigenvalue weighted by Crippen LogP contribution is -2.45. The minimum atomic E-state index is 0.317. The molecule has 3 aliphatic rings. The van der Waals surface area contributed by atoms with Crippen LogP contribution in [0, 0.1) is 5.92 Å². The summed E-state index contributed by atoms with van der Waals surface area (Å²) < 4.78 is 11.3. The van der Waals surface area contributed by atoms with E-state index in [1.165, 1.54) is 16.8 Å². The second-order valence-electron chi connectivity index (χ2n) is 8.44. The van der Waals surface area contributed by atoms with E-state index in [4.69, 9.17) is 9.47 Å². The van der Waals surface area contributed by atoms with Crippen molar-refractivity contribution in [2.24, 2.45) is 5.92 Å². The minimum Gasteiger partial charge on any atom is -0.486 e. The van der Waals surface area contributed by atoms with Gasteiger partial charge in [-0.25, -0.2) is 0 Å². The van der Waals surface area contributed by atoms with Crippen molar-refractivity contribution in [2.75, 3.05) is 31.2 Å².